The maximum Gasteiger partial charge on any atom is 0.248 e. The predicted molar refractivity (Wildman–Crippen MR) is 102 cm³/mol. The van der Waals surface area contributed by atoms with Crippen LogP contribution in [0.2, 0.25) is 0 Å². The Morgan fingerprint density at radius 1 is 1.19 bits per heavy atom. The van der Waals surface area contributed by atoms with E-state index in [-0.39, 0.29) is 11.7 Å². The normalized spacial score (nSPS) is 15.1. The molecule has 0 aromatic heterocycles. The van der Waals surface area contributed by atoms with Gasteiger partial charge in [0.25, 0.3) is 0 Å². The first-order valence-electron chi connectivity index (χ1n) is 8.87. The van der Waals surface area contributed by atoms with Gasteiger partial charge in [-0.15, -0.1) is 0 Å². The molecule has 136 valence electrons. The first-order chi connectivity index (χ1) is 12.7. The lowest BCUT2D eigenvalue weighted by Crippen LogP contribution is -2.30. The highest BCUT2D eigenvalue weighted by atomic mass is 19.1. The summed E-state index contributed by atoms with van der Waals surface area (Å²) >= 11 is 0. The van der Waals surface area contributed by atoms with Crippen LogP contribution in [0.5, 0.6) is 5.75 Å². The van der Waals surface area contributed by atoms with Gasteiger partial charge in [-0.1, -0.05) is 18.2 Å². The van der Waals surface area contributed by atoms with Gasteiger partial charge in [0, 0.05) is 17.8 Å². The van der Waals surface area contributed by atoms with Crippen molar-refractivity contribution in [2.75, 3.05) is 25.0 Å². The number of ether oxygens (including phenoxy) is 1. The van der Waals surface area contributed by atoms with Crippen LogP contribution in [0, 0.1) is 11.7 Å². The van der Waals surface area contributed by atoms with E-state index >= 15 is 0 Å². The number of rotatable bonds is 6. The van der Waals surface area contributed by atoms with Gasteiger partial charge in [-0.2, -0.15) is 0 Å². The standard InChI is InChI=1S/C21H23FN2O2/c22-18-7-4-16(5-8-18)6-9-21(25)24-19-2-1-3-20(14-19)26-15-17-10-12-23-13-11-17/h1-9,14,17,23H,10-13,15H2,(H,24,25). The molecule has 2 N–H and O–H groups in total. The van der Waals surface area contributed by atoms with E-state index in [2.05, 4.69) is 10.6 Å². The summed E-state index contributed by atoms with van der Waals surface area (Å²) in [5.74, 6) is 0.787. The summed E-state index contributed by atoms with van der Waals surface area (Å²) < 4.78 is 18.7. The predicted octanol–water partition coefficient (Wildman–Crippen LogP) is 3.86. The number of hydrogen-bond acceptors (Lipinski definition) is 3. The Balaban J connectivity index is 1.52. The molecule has 0 spiro atoms. The molecule has 0 unspecified atom stereocenters. The maximum absolute atomic E-state index is 12.9. The Morgan fingerprint density at radius 3 is 2.73 bits per heavy atom. The smallest absolute Gasteiger partial charge is 0.248 e. The molecule has 1 heterocycles. The Hall–Kier alpha value is -2.66. The van der Waals surface area contributed by atoms with Crippen LogP contribution < -0.4 is 15.4 Å². The molecule has 1 aliphatic heterocycles. The highest BCUT2D eigenvalue weighted by molar-refractivity contribution is 6.02. The van der Waals surface area contributed by atoms with Gasteiger partial charge in [0.2, 0.25) is 5.91 Å². The minimum Gasteiger partial charge on any atom is -0.493 e. The first kappa shape index (κ1) is 18.1. The van der Waals surface area contributed by atoms with Gasteiger partial charge in [-0.25, -0.2) is 4.39 Å². The van der Waals surface area contributed by atoms with E-state index in [1.54, 1.807) is 18.2 Å². The fourth-order valence-electron chi connectivity index (χ4n) is 2.86. The van der Waals surface area contributed by atoms with E-state index in [0.717, 1.165) is 37.2 Å². The fraction of sp³-hybridized carbons (Fsp3) is 0.286. The van der Waals surface area contributed by atoms with Crippen LogP contribution in [-0.4, -0.2) is 25.6 Å². The number of piperidine rings is 1. The second kappa shape index (κ2) is 9.15. The summed E-state index contributed by atoms with van der Waals surface area (Å²) in [6, 6.07) is 13.4. The number of hydrogen-bond donors (Lipinski definition) is 2. The summed E-state index contributed by atoms with van der Waals surface area (Å²) in [4.78, 5) is 12.0. The molecular formula is C21H23FN2O2. The summed E-state index contributed by atoms with van der Waals surface area (Å²) in [7, 11) is 0. The molecule has 0 atom stereocenters. The van der Waals surface area contributed by atoms with Gasteiger partial charge >= 0.3 is 0 Å². The second-order valence-electron chi connectivity index (χ2n) is 6.41. The average Bonchev–Trinajstić information content (AvgIpc) is 2.67. The van der Waals surface area contributed by atoms with E-state index in [9.17, 15) is 9.18 Å². The minimum atomic E-state index is -0.298. The SMILES string of the molecule is O=C(C=Cc1ccc(F)cc1)Nc1cccc(OCC2CCNCC2)c1. The molecule has 0 aliphatic carbocycles. The molecule has 1 aliphatic rings. The van der Waals surface area contributed by atoms with E-state index in [1.165, 1.54) is 18.2 Å². The monoisotopic (exact) mass is 354 g/mol. The van der Waals surface area contributed by atoms with E-state index in [1.807, 2.05) is 24.3 Å². The van der Waals surface area contributed by atoms with Crippen LogP contribution in [0.25, 0.3) is 6.08 Å². The zero-order chi connectivity index (χ0) is 18.2. The van der Waals surface area contributed by atoms with Gasteiger partial charge in [-0.3, -0.25) is 4.79 Å². The van der Waals surface area contributed by atoms with Crippen molar-refractivity contribution in [2.24, 2.45) is 5.92 Å². The third-order valence-corrected chi connectivity index (χ3v) is 4.34. The lowest BCUT2D eigenvalue weighted by Gasteiger charge is -2.22. The van der Waals surface area contributed by atoms with E-state index in [0.29, 0.717) is 18.2 Å². The molecular weight excluding hydrogens is 331 g/mol. The molecule has 2 aromatic rings. The molecule has 26 heavy (non-hydrogen) atoms. The van der Waals surface area contributed by atoms with Crippen molar-refractivity contribution in [3.05, 3.63) is 66.0 Å². The average molecular weight is 354 g/mol. The summed E-state index contributed by atoms with van der Waals surface area (Å²) in [6.45, 7) is 2.79. The summed E-state index contributed by atoms with van der Waals surface area (Å²) in [6.07, 6.45) is 5.33. The van der Waals surface area contributed by atoms with Crippen molar-refractivity contribution in [3.63, 3.8) is 0 Å². The van der Waals surface area contributed by atoms with Crippen molar-refractivity contribution in [3.8, 4) is 5.75 Å². The number of amides is 1. The van der Waals surface area contributed by atoms with Gasteiger partial charge in [-0.05, 0) is 67.8 Å². The van der Waals surface area contributed by atoms with Gasteiger partial charge < -0.3 is 15.4 Å². The number of carbonyl (C=O) groups excluding carboxylic acids is 1. The first-order valence-corrected chi connectivity index (χ1v) is 8.87. The molecule has 1 saturated heterocycles. The van der Waals surface area contributed by atoms with Crippen LogP contribution >= 0.6 is 0 Å². The van der Waals surface area contributed by atoms with Crippen LogP contribution in [0.3, 0.4) is 0 Å². The van der Waals surface area contributed by atoms with Crippen LogP contribution in [0.15, 0.2) is 54.6 Å². The van der Waals surface area contributed by atoms with Crippen LogP contribution in [0.4, 0.5) is 10.1 Å². The lowest BCUT2D eigenvalue weighted by molar-refractivity contribution is -0.111. The number of carbonyl (C=O) groups is 1. The quantitative estimate of drug-likeness (QED) is 0.775. The molecule has 2 aromatic carbocycles. The fourth-order valence-corrected chi connectivity index (χ4v) is 2.86. The zero-order valence-electron chi connectivity index (χ0n) is 14.6. The number of halogens is 1. The molecule has 1 fully saturated rings. The van der Waals surface area contributed by atoms with Crippen LogP contribution in [0.1, 0.15) is 18.4 Å². The molecule has 0 saturated carbocycles. The molecule has 3 rings (SSSR count). The Morgan fingerprint density at radius 2 is 1.96 bits per heavy atom. The largest absolute Gasteiger partial charge is 0.493 e. The van der Waals surface area contributed by atoms with Crippen molar-refractivity contribution in [2.45, 2.75) is 12.8 Å². The zero-order valence-corrected chi connectivity index (χ0v) is 14.6. The minimum absolute atomic E-state index is 0.246. The number of anilines is 1. The number of benzene rings is 2. The maximum atomic E-state index is 12.9. The van der Waals surface area contributed by atoms with Gasteiger partial charge in [0.15, 0.2) is 0 Å². The molecule has 0 bridgehead atoms. The molecule has 1 amide bonds. The second-order valence-corrected chi connectivity index (χ2v) is 6.41. The Labute approximate surface area is 153 Å². The van der Waals surface area contributed by atoms with E-state index in [4.69, 9.17) is 4.74 Å². The van der Waals surface area contributed by atoms with Crippen molar-refractivity contribution >= 4 is 17.7 Å². The molecule has 4 nitrogen and oxygen atoms in total. The Bertz CT molecular complexity index is 753. The summed E-state index contributed by atoms with van der Waals surface area (Å²) in [5, 5.41) is 6.15. The van der Waals surface area contributed by atoms with Crippen molar-refractivity contribution in [1.82, 2.24) is 5.32 Å². The van der Waals surface area contributed by atoms with Crippen LogP contribution in [-0.2, 0) is 4.79 Å². The highest BCUT2D eigenvalue weighted by Crippen LogP contribution is 2.20. The van der Waals surface area contributed by atoms with E-state index < -0.39 is 0 Å². The highest BCUT2D eigenvalue weighted by Gasteiger charge is 2.13. The number of nitrogens with one attached hydrogen (secondary N) is 2. The third-order valence-electron chi connectivity index (χ3n) is 4.34. The van der Waals surface area contributed by atoms with Gasteiger partial charge in [0.05, 0.1) is 6.61 Å². The lowest BCUT2D eigenvalue weighted by atomic mass is 9.99. The summed E-state index contributed by atoms with van der Waals surface area (Å²) in [5.41, 5.74) is 1.45. The Kier molecular flexibility index (Phi) is 6.39. The molecule has 5 heteroatoms. The topological polar surface area (TPSA) is 50.4 Å². The molecule has 0 radical (unpaired) electrons. The third kappa shape index (κ3) is 5.70. The van der Waals surface area contributed by atoms with Crippen molar-refractivity contribution in [1.29, 1.82) is 0 Å². The van der Waals surface area contributed by atoms with Crippen molar-refractivity contribution < 1.29 is 13.9 Å². The van der Waals surface area contributed by atoms with Gasteiger partial charge in [0.1, 0.15) is 11.6 Å².